The number of aromatic nitrogens is 3. The van der Waals surface area contributed by atoms with Gasteiger partial charge in [-0.1, -0.05) is 16.4 Å². The number of aromatic amines is 1. The molecule has 1 saturated heterocycles. The molecule has 6 rings (SSSR count). The Morgan fingerprint density at radius 2 is 1.84 bits per heavy atom. The van der Waals surface area contributed by atoms with Gasteiger partial charge in [0.25, 0.3) is 0 Å². The molecule has 2 aliphatic rings. The normalized spacial score (nSPS) is 16.2. The molecule has 0 amide bonds. The minimum Gasteiger partial charge on any atom is -0.493 e. The molecule has 1 N–H and O–H groups in total. The van der Waals surface area contributed by atoms with E-state index >= 15 is 0 Å². The molecule has 1 saturated carbocycles. The van der Waals surface area contributed by atoms with E-state index in [2.05, 4.69) is 24.7 Å². The van der Waals surface area contributed by atoms with E-state index < -0.39 is 5.76 Å². The van der Waals surface area contributed by atoms with Crippen molar-refractivity contribution >= 4 is 5.69 Å². The second-order valence-corrected chi connectivity index (χ2v) is 9.68. The minimum absolute atomic E-state index is 0.0764. The molecule has 2 aromatic carbocycles. The number of ether oxygens (including phenoxy) is 2. The van der Waals surface area contributed by atoms with Crippen LogP contribution in [0.4, 0.5) is 10.1 Å². The number of H-pyrrole nitrogens is 1. The van der Waals surface area contributed by atoms with E-state index in [9.17, 15) is 9.18 Å². The van der Waals surface area contributed by atoms with E-state index in [-0.39, 0.29) is 11.9 Å². The largest absolute Gasteiger partial charge is 0.493 e. The quantitative estimate of drug-likeness (QED) is 0.318. The van der Waals surface area contributed by atoms with Crippen molar-refractivity contribution in [3.05, 3.63) is 70.2 Å². The van der Waals surface area contributed by atoms with Gasteiger partial charge in [0.2, 0.25) is 0 Å². The highest BCUT2D eigenvalue weighted by Crippen LogP contribution is 2.46. The first-order chi connectivity index (χ1) is 18.6. The number of nitrogens with one attached hydrogen (secondary N) is 1. The van der Waals surface area contributed by atoms with Crippen LogP contribution in [0.3, 0.4) is 0 Å². The Bertz CT molecular complexity index is 1450. The average Bonchev–Trinajstić information content (AvgIpc) is 3.55. The van der Waals surface area contributed by atoms with Crippen molar-refractivity contribution in [2.24, 2.45) is 0 Å². The van der Waals surface area contributed by atoms with Crippen LogP contribution in [-0.2, 0) is 11.3 Å². The second kappa shape index (κ2) is 10.4. The Hall–Kier alpha value is -3.92. The zero-order valence-corrected chi connectivity index (χ0v) is 21.1. The number of hydrogen-bond donors (Lipinski definition) is 1. The summed E-state index contributed by atoms with van der Waals surface area (Å²) in [7, 11) is 0. The lowest BCUT2D eigenvalue weighted by Crippen LogP contribution is -2.37. The molecule has 3 heterocycles. The van der Waals surface area contributed by atoms with Gasteiger partial charge in [-0.15, -0.1) is 0 Å². The summed E-state index contributed by atoms with van der Waals surface area (Å²) in [5.41, 5.74) is 3.51. The third-order valence-corrected chi connectivity index (χ3v) is 7.13. The van der Waals surface area contributed by atoms with Crippen molar-refractivity contribution < 1.29 is 22.9 Å². The van der Waals surface area contributed by atoms with Gasteiger partial charge in [0.15, 0.2) is 5.82 Å². The lowest BCUT2D eigenvalue weighted by Gasteiger charge is -2.33. The number of hydrogen-bond acceptors (Lipinski definition) is 8. The number of piperidine rings is 1. The summed E-state index contributed by atoms with van der Waals surface area (Å²) in [6, 6.07) is 12.7. The summed E-state index contributed by atoms with van der Waals surface area (Å²) in [5.74, 6) is 1.03. The van der Waals surface area contributed by atoms with Gasteiger partial charge in [-0.3, -0.25) is 9.51 Å². The second-order valence-electron chi connectivity index (χ2n) is 9.68. The van der Waals surface area contributed by atoms with Crippen molar-refractivity contribution in [1.82, 2.24) is 15.3 Å². The van der Waals surface area contributed by atoms with Crippen LogP contribution in [0.5, 0.6) is 5.75 Å². The standard InChI is InChI=1S/C28H29FN4O5/c1-2-35-23-5-3-4-22(29)24(23)25-21(26(37-31-25)17-6-7-17)16-36-20-12-14-33(15-13-20)19-10-8-18(9-11-19)27-30-28(34)38-32-27/h3-5,8-11,17,20H,2,6-7,12-16H2,1H3,(H,30,32,34). The van der Waals surface area contributed by atoms with Gasteiger partial charge in [-0.2, -0.15) is 0 Å². The number of benzene rings is 2. The highest BCUT2D eigenvalue weighted by molar-refractivity contribution is 5.71. The van der Waals surface area contributed by atoms with Gasteiger partial charge in [0.05, 0.1) is 24.9 Å². The first kappa shape index (κ1) is 24.4. The Morgan fingerprint density at radius 1 is 1.05 bits per heavy atom. The molecule has 0 spiro atoms. The Labute approximate surface area is 218 Å². The number of anilines is 1. The van der Waals surface area contributed by atoms with Crippen LogP contribution in [0.1, 0.15) is 49.8 Å². The monoisotopic (exact) mass is 520 g/mol. The molecule has 0 unspecified atom stereocenters. The predicted molar refractivity (Wildman–Crippen MR) is 138 cm³/mol. The van der Waals surface area contributed by atoms with Crippen molar-refractivity contribution in [1.29, 1.82) is 0 Å². The fraction of sp³-hybridized carbons (Fsp3) is 0.393. The van der Waals surface area contributed by atoms with Gasteiger partial charge in [-0.05, 0) is 69.0 Å². The van der Waals surface area contributed by atoms with Crippen LogP contribution in [0.2, 0.25) is 0 Å². The van der Waals surface area contributed by atoms with Crippen LogP contribution >= 0.6 is 0 Å². The highest BCUT2D eigenvalue weighted by Gasteiger charge is 2.34. The highest BCUT2D eigenvalue weighted by atomic mass is 19.1. The topological polar surface area (TPSA) is 107 Å². The van der Waals surface area contributed by atoms with Crippen molar-refractivity contribution in [3.8, 4) is 28.4 Å². The van der Waals surface area contributed by atoms with Gasteiger partial charge < -0.3 is 18.9 Å². The van der Waals surface area contributed by atoms with E-state index in [1.807, 2.05) is 31.2 Å². The van der Waals surface area contributed by atoms with Crippen LogP contribution < -0.4 is 15.4 Å². The Morgan fingerprint density at radius 3 is 2.53 bits per heavy atom. The van der Waals surface area contributed by atoms with Crippen LogP contribution in [-0.4, -0.2) is 41.1 Å². The molecule has 2 fully saturated rings. The minimum atomic E-state index is -0.572. The summed E-state index contributed by atoms with van der Waals surface area (Å²) >= 11 is 0. The molecule has 0 atom stereocenters. The molecule has 0 radical (unpaired) electrons. The molecule has 1 aliphatic carbocycles. The predicted octanol–water partition coefficient (Wildman–Crippen LogP) is 5.29. The Balaban J connectivity index is 1.12. The third-order valence-electron chi connectivity index (χ3n) is 7.13. The molecular weight excluding hydrogens is 491 g/mol. The summed E-state index contributed by atoms with van der Waals surface area (Å²) in [4.78, 5) is 16.1. The van der Waals surface area contributed by atoms with E-state index in [0.717, 1.165) is 61.3 Å². The zero-order chi connectivity index (χ0) is 26.1. The SMILES string of the molecule is CCOc1cccc(F)c1-c1noc(C2CC2)c1COC1CCN(c2ccc(-c3noc(=O)[nH]3)cc2)CC1. The van der Waals surface area contributed by atoms with Crippen LogP contribution in [0, 0.1) is 5.82 Å². The molecule has 2 aromatic heterocycles. The molecule has 198 valence electrons. The molecule has 9 nitrogen and oxygen atoms in total. The maximum absolute atomic E-state index is 15.0. The molecule has 1 aliphatic heterocycles. The van der Waals surface area contributed by atoms with E-state index in [1.54, 1.807) is 12.1 Å². The average molecular weight is 521 g/mol. The summed E-state index contributed by atoms with van der Waals surface area (Å²) < 4.78 is 37.3. The van der Waals surface area contributed by atoms with Crippen molar-refractivity contribution in [2.75, 3.05) is 24.6 Å². The first-order valence-electron chi connectivity index (χ1n) is 13.0. The number of nitrogens with zero attached hydrogens (tertiary/aromatic N) is 3. The van der Waals surface area contributed by atoms with Crippen molar-refractivity contribution in [3.63, 3.8) is 0 Å². The van der Waals surface area contributed by atoms with Crippen LogP contribution in [0.15, 0.2) is 56.3 Å². The number of halogens is 1. The lowest BCUT2D eigenvalue weighted by atomic mass is 10.0. The van der Waals surface area contributed by atoms with Gasteiger partial charge in [0, 0.05) is 35.8 Å². The van der Waals surface area contributed by atoms with Crippen LogP contribution in [0.25, 0.3) is 22.6 Å². The van der Waals surface area contributed by atoms with Gasteiger partial charge in [0.1, 0.15) is 23.0 Å². The number of rotatable bonds is 9. The van der Waals surface area contributed by atoms with Gasteiger partial charge in [-0.25, -0.2) is 9.18 Å². The molecular formula is C28H29FN4O5. The lowest BCUT2D eigenvalue weighted by molar-refractivity contribution is 0.0246. The molecule has 38 heavy (non-hydrogen) atoms. The molecule has 10 heteroatoms. The maximum atomic E-state index is 15.0. The Kier molecular flexibility index (Phi) is 6.71. The summed E-state index contributed by atoms with van der Waals surface area (Å²) in [6.45, 7) is 4.31. The third kappa shape index (κ3) is 4.96. The fourth-order valence-corrected chi connectivity index (χ4v) is 5.00. The summed E-state index contributed by atoms with van der Waals surface area (Å²) in [6.07, 6.45) is 3.89. The molecule has 4 aromatic rings. The zero-order valence-electron chi connectivity index (χ0n) is 21.1. The first-order valence-corrected chi connectivity index (χ1v) is 13.0. The van der Waals surface area contributed by atoms with E-state index in [4.69, 9.17) is 14.0 Å². The fourth-order valence-electron chi connectivity index (χ4n) is 5.00. The van der Waals surface area contributed by atoms with E-state index in [0.29, 0.717) is 42.0 Å². The maximum Gasteiger partial charge on any atom is 0.439 e. The summed E-state index contributed by atoms with van der Waals surface area (Å²) in [5, 5.41) is 8.02. The van der Waals surface area contributed by atoms with E-state index in [1.165, 1.54) is 6.07 Å². The van der Waals surface area contributed by atoms with Crippen molar-refractivity contribution in [2.45, 2.75) is 51.2 Å². The smallest absolute Gasteiger partial charge is 0.439 e. The molecule has 0 bridgehead atoms. The van der Waals surface area contributed by atoms with Gasteiger partial charge >= 0.3 is 5.76 Å².